The first-order valence-electron chi connectivity index (χ1n) is 10.6. The van der Waals surface area contributed by atoms with Crippen molar-refractivity contribution in [3.05, 3.63) is 80.3 Å². The molecule has 1 N–H and O–H groups in total. The molecule has 0 aliphatic carbocycles. The van der Waals surface area contributed by atoms with Gasteiger partial charge >= 0.3 is 0 Å². The molecule has 3 amide bonds. The Labute approximate surface area is 204 Å². The summed E-state index contributed by atoms with van der Waals surface area (Å²) in [4.78, 5) is 44.3. The predicted molar refractivity (Wildman–Crippen MR) is 133 cm³/mol. The summed E-state index contributed by atoms with van der Waals surface area (Å²) in [6.07, 6.45) is 1.72. The van der Waals surface area contributed by atoms with E-state index >= 15 is 0 Å². The molecule has 0 spiro atoms. The van der Waals surface area contributed by atoms with Crippen LogP contribution in [-0.2, 0) is 16.0 Å². The number of aryl methyl sites for hydroxylation is 2. The summed E-state index contributed by atoms with van der Waals surface area (Å²) in [7, 11) is 0. The average Bonchev–Trinajstić information content (AvgIpc) is 3.29. The summed E-state index contributed by atoms with van der Waals surface area (Å²) in [6, 6.07) is 13.7. The Morgan fingerprint density at radius 2 is 1.79 bits per heavy atom. The standard InChI is InChI=1S/C25H22FN3O3S2/c1-15-3-7-18(8-4-15)23-20(33-16(2)28-23)14-22(30)27-11-12-29-24(31)21(34-25(29)32)13-17-5-9-19(26)10-6-17/h3-10,13H,11-12,14H2,1-2H3,(H,27,30). The number of amides is 3. The molecule has 1 saturated heterocycles. The van der Waals surface area contributed by atoms with Gasteiger partial charge in [-0.15, -0.1) is 11.3 Å². The normalized spacial score (nSPS) is 14.8. The third kappa shape index (κ3) is 5.60. The fourth-order valence-corrected chi connectivity index (χ4v) is 5.27. The molecule has 0 saturated carbocycles. The second-order valence-electron chi connectivity index (χ2n) is 7.78. The number of thiazole rings is 1. The number of benzene rings is 2. The number of nitrogens with zero attached hydrogens (tertiary/aromatic N) is 2. The van der Waals surface area contributed by atoms with Crippen molar-refractivity contribution in [1.82, 2.24) is 15.2 Å². The highest BCUT2D eigenvalue weighted by atomic mass is 32.2. The lowest BCUT2D eigenvalue weighted by Gasteiger charge is -2.13. The third-order valence-corrected chi connectivity index (χ3v) is 7.03. The molecule has 1 aliphatic rings. The summed E-state index contributed by atoms with van der Waals surface area (Å²) in [5.41, 5.74) is 3.54. The molecular formula is C25H22FN3O3S2. The Morgan fingerprint density at radius 1 is 1.09 bits per heavy atom. The van der Waals surface area contributed by atoms with E-state index in [2.05, 4.69) is 10.3 Å². The minimum atomic E-state index is -0.423. The van der Waals surface area contributed by atoms with Crippen LogP contribution in [0.25, 0.3) is 17.3 Å². The summed E-state index contributed by atoms with van der Waals surface area (Å²) >= 11 is 2.31. The molecule has 6 nitrogen and oxygen atoms in total. The van der Waals surface area contributed by atoms with Crippen molar-refractivity contribution in [2.45, 2.75) is 20.3 Å². The smallest absolute Gasteiger partial charge is 0.293 e. The van der Waals surface area contributed by atoms with Crippen LogP contribution in [0, 0.1) is 19.7 Å². The first-order valence-corrected chi connectivity index (χ1v) is 12.2. The number of carbonyl (C=O) groups is 3. The highest BCUT2D eigenvalue weighted by Gasteiger charge is 2.34. The predicted octanol–water partition coefficient (Wildman–Crippen LogP) is 4.96. The zero-order chi connectivity index (χ0) is 24.2. The monoisotopic (exact) mass is 495 g/mol. The Bertz CT molecular complexity index is 1270. The van der Waals surface area contributed by atoms with E-state index in [-0.39, 0.29) is 36.1 Å². The van der Waals surface area contributed by atoms with Gasteiger partial charge in [0.2, 0.25) is 5.91 Å². The van der Waals surface area contributed by atoms with Gasteiger partial charge in [0.25, 0.3) is 11.1 Å². The molecule has 2 heterocycles. The van der Waals surface area contributed by atoms with Crippen LogP contribution in [0.1, 0.15) is 21.0 Å². The second-order valence-corrected chi connectivity index (χ2v) is 10.1. The van der Waals surface area contributed by atoms with Crippen LogP contribution in [0.3, 0.4) is 0 Å². The molecule has 1 aliphatic heterocycles. The first kappa shape index (κ1) is 23.8. The Morgan fingerprint density at radius 3 is 2.50 bits per heavy atom. The van der Waals surface area contributed by atoms with Crippen LogP contribution in [0.4, 0.5) is 9.18 Å². The van der Waals surface area contributed by atoms with Crippen molar-refractivity contribution in [3.63, 3.8) is 0 Å². The molecule has 4 rings (SSSR count). The number of hydrogen-bond acceptors (Lipinski definition) is 6. The Hall–Kier alpha value is -3.30. The molecule has 174 valence electrons. The number of aromatic nitrogens is 1. The van der Waals surface area contributed by atoms with Gasteiger partial charge < -0.3 is 5.32 Å². The lowest BCUT2D eigenvalue weighted by atomic mass is 10.1. The van der Waals surface area contributed by atoms with Crippen LogP contribution in [-0.4, -0.2) is 40.0 Å². The van der Waals surface area contributed by atoms with Gasteiger partial charge in [0.1, 0.15) is 5.82 Å². The number of imide groups is 1. The van der Waals surface area contributed by atoms with Crippen LogP contribution in [0.15, 0.2) is 53.4 Å². The highest BCUT2D eigenvalue weighted by molar-refractivity contribution is 8.18. The lowest BCUT2D eigenvalue weighted by Crippen LogP contribution is -2.37. The van der Waals surface area contributed by atoms with E-state index in [1.807, 2.05) is 38.1 Å². The number of nitrogens with one attached hydrogen (secondary N) is 1. The van der Waals surface area contributed by atoms with Crippen molar-refractivity contribution in [1.29, 1.82) is 0 Å². The summed E-state index contributed by atoms with van der Waals surface area (Å²) in [5.74, 6) is -1.00. The molecule has 0 radical (unpaired) electrons. The fourth-order valence-electron chi connectivity index (χ4n) is 3.44. The second kappa shape index (κ2) is 10.3. The number of carbonyl (C=O) groups excluding carboxylic acids is 3. The van der Waals surface area contributed by atoms with Gasteiger partial charge in [-0.2, -0.15) is 0 Å². The van der Waals surface area contributed by atoms with Crippen molar-refractivity contribution >= 4 is 46.2 Å². The quantitative estimate of drug-likeness (QED) is 0.469. The third-order valence-electron chi connectivity index (χ3n) is 5.15. The van der Waals surface area contributed by atoms with Crippen molar-refractivity contribution in [2.24, 2.45) is 0 Å². The van der Waals surface area contributed by atoms with E-state index in [9.17, 15) is 18.8 Å². The molecule has 0 bridgehead atoms. The van der Waals surface area contributed by atoms with Crippen LogP contribution in [0.5, 0.6) is 0 Å². The summed E-state index contributed by atoms with van der Waals surface area (Å²) in [6.45, 7) is 4.14. The first-order chi connectivity index (χ1) is 16.3. The molecule has 3 aromatic rings. The van der Waals surface area contributed by atoms with E-state index in [1.165, 1.54) is 35.6 Å². The largest absolute Gasteiger partial charge is 0.354 e. The van der Waals surface area contributed by atoms with Crippen LogP contribution >= 0.6 is 23.1 Å². The molecular weight excluding hydrogens is 473 g/mol. The maximum Gasteiger partial charge on any atom is 0.293 e. The maximum atomic E-state index is 13.1. The van der Waals surface area contributed by atoms with E-state index in [4.69, 9.17) is 0 Å². The molecule has 0 atom stereocenters. The molecule has 1 fully saturated rings. The summed E-state index contributed by atoms with van der Waals surface area (Å²) < 4.78 is 13.1. The van der Waals surface area contributed by atoms with Gasteiger partial charge in [0.05, 0.1) is 22.0 Å². The highest BCUT2D eigenvalue weighted by Crippen LogP contribution is 2.32. The topological polar surface area (TPSA) is 79.4 Å². The SMILES string of the molecule is Cc1ccc(-c2nc(C)sc2CC(=O)NCCN2C(=O)SC(=Cc3ccc(F)cc3)C2=O)cc1. The lowest BCUT2D eigenvalue weighted by molar-refractivity contribution is -0.124. The maximum absolute atomic E-state index is 13.1. The van der Waals surface area contributed by atoms with Crippen LogP contribution in [0.2, 0.25) is 0 Å². The fraction of sp³-hybridized carbons (Fsp3) is 0.200. The number of thioether (sulfide) groups is 1. The van der Waals surface area contributed by atoms with E-state index in [0.29, 0.717) is 5.56 Å². The minimum Gasteiger partial charge on any atom is -0.354 e. The zero-order valence-electron chi connectivity index (χ0n) is 18.6. The zero-order valence-corrected chi connectivity index (χ0v) is 20.3. The Kier molecular flexibility index (Phi) is 7.23. The van der Waals surface area contributed by atoms with Gasteiger partial charge in [0, 0.05) is 23.5 Å². The van der Waals surface area contributed by atoms with E-state index in [0.717, 1.165) is 43.4 Å². The molecule has 34 heavy (non-hydrogen) atoms. The van der Waals surface area contributed by atoms with Crippen LogP contribution < -0.4 is 5.32 Å². The number of hydrogen-bond donors (Lipinski definition) is 1. The van der Waals surface area contributed by atoms with Gasteiger partial charge in [-0.25, -0.2) is 9.37 Å². The molecule has 2 aromatic carbocycles. The molecule has 0 unspecified atom stereocenters. The Balaban J connectivity index is 1.34. The molecule has 1 aromatic heterocycles. The summed E-state index contributed by atoms with van der Waals surface area (Å²) in [5, 5.41) is 3.27. The van der Waals surface area contributed by atoms with Crippen molar-refractivity contribution < 1.29 is 18.8 Å². The van der Waals surface area contributed by atoms with E-state index < -0.39 is 11.1 Å². The van der Waals surface area contributed by atoms with Gasteiger partial charge in [-0.1, -0.05) is 42.0 Å². The number of halogens is 1. The van der Waals surface area contributed by atoms with Gasteiger partial charge in [-0.3, -0.25) is 19.3 Å². The molecule has 9 heteroatoms. The van der Waals surface area contributed by atoms with Gasteiger partial charge in [0.15, 0.2) is 0 Å². The average molecular weight is 496 g/mol. The number of rotatable bonds is 7. The van der Waals surface area contributed by atoms with Gasteiger partial charge in [-0.05, 0) is 49.4 Å². The minimum absolute atomic E-state index is 0.0731. The van der Waals surface area contributed by atoms with E-state index in [1.54, 1.807) is 6.08 Å². The van der Waals surface area contributed by atoms with Crippen molar-refractivity contribution in [3.8, 4) is 11.3 Å². The van der Waals surface area contributed by atoms with Crippen molar-refractivity contribution in [2.75, 3.05) is 13.1 Å².